The predicted octanol–water partition coefficient (Wildman–Crippen LogP) is 3.25. The number of nitrogens with one attached hydrogen (secondary N) is 1. The van der Waals surface area contributed by atoms with E-state index in [1.807, 2.05) is 35.7 Å². The number of halogens is 1. The molecule has 0 unspecified atom stereocenters. The SMILES string of the molecule is O=C(COc1ccccc1Br)NCCc1cccs1. The molecule has 0 saturated carbocycles. The van der Waals surface area contributed by atoms with Gasteiger partial charge in [0, 0.05) is 11.4 Å². The number of hydrogen-bond donors (Lipinski definition) is 1. The lowest BCUT2D eigenvalue weighted by molar-refractivity contribution is -0.123. The Hall–Kier alpha value is -1.33. The molecule has 2 aromatic rings. The highest BCUT2D eigenvalue weighted by Crippen LogP contribution is 2.23. The number of carbonyl (C=O) groups excluding carboxylic acids is 1. The molecule has 3 nitrogen and oxygen atoms in total. The smallest absolute Gasteiger partial charge is 0.257 e. The van der Waals surface area contributed by atoms with Gasteiger partial charge in [-0.05, 0) is 45.9 Å². The molecular weight excluding hydrogens is 326 g/mol. The van der Waals surface area contributed by atoms with Crippen LogP contribution >= 0.6 is 27.3 Å². The molecule has 1 heterocycles. The average Bonchev–Trinajstić information content (AvgIpc) is 2.91. The summed E-state index contributed by atoms with van der Waals surface area (Å²) in [7, 11) is 0. The second-order valence-electron chi connectivity index (χ2n) is 3.90. The first-order valence-corrected chi connectivity index (χ1v) is 7.59. The number of rotatable bonds is 6. The largest absolute Gasteiger partial charge is 0.483 e. The molecule has 0 atom stereocenters. The summed E-state index contributed by atoms with van der Waals surface area (Å²) in [6.07, 6.45) is 0.860. The van der Waals surface area contributed by atoms with Crippen LogP contribution in [0.2, 0.25) is 0 Å². The molecule has 19 heavy (non-hydrogen) atoms. The summed E-state index contributed by atoms with van der Waals surface area (Å²) in [5, 5.41) is 4.87. The Kier molecular flexibility index (Phi) is 5.42. The van der Waals surface area contributed by atoms with E-state index in [9.17, 15) is 4.79 Å². The lowest BCUT2D eigenvalue weighted by Gasteiger charge is -2.08. The van der Waals surface area contributed by atoms with Gasteiger partial charge in [0.2, 0.25) is 0 Å². The molecule has 0 radical (unpaired) electrons. The minimum atomic E-state index is -0.104. The van der Waals surface area contributed by atoms with E-state index in [0.717, 1.165) is 10.9 Å². The number of hydrogen-bond acceptors (Lipinski definition) is 3. The third-order valence-corrected chi connectivity index (χ3v) is 4.06. The quantitative estimate of drug-likeness (QED) is 0.877. The topological polar surface area (TPSA) is 38.3 Å². The molecule has 0 aliphatic carbocycles. The van der Waals surface area contributed by atoms with Crippen LogP contribution in [0.1, 0.15) is 4.88 Å². The molecule has 0 bridgehead atoms. The fourth-order valence-corrected chi connectivity index (χ4v) is 2.64. The summed E-state index contributed by atoms with van der Waals surface area (Å²) in [6, 6.07) is 11.5. The maximum Gasteiger partial charge on any atom is 0.257 e. The predicted molar refractivity (Wildman–Crippen MR) is 80.7 cm³/mol. The zero-order valence-electron chi connectivity index (χ0n) is 10.3. The first-order valence-electron chi connectivity index (χ1n) is 5.92. The molecule has 1 N–H and O–H groups in total. The van der Waals surface area contributed by atoms with Crippen molar-refractivity contribution in [1.82, 2.24) is 5.32 Å². The molecule has 2 rings (SSSR count). The van der Waals surface area contributed by atoms with E-state index in [1.165, 1.54) is 4.88 Å². The van der Waals surface area contributed by atoms with Crippen LogP contribution in [-0.2, 0) is 11.2 Å². The van der Waals surface area contributed by atoms with Gasteiger partial charge in [-0.2, -0.15) is 0 Å². The van der Waals surface area contributed by atoms with E-state index in [4.69, 9.17) is 4.74 Å². The standard InChI is InChI=1S/C14H14BrNO2S/c15-12-5-1-2-6-13(12)18-10-14(17)16-8-7-11-4-3-9-19-11/h1-6,9H,7-8,10H2,(H,16,17). The molecule has 1 aromatic heterocycles. The van der Waals surface area contributed by atoms with Gasteiger partial charge in [0.15, 0.2) is 6.61 Å². The summed E-state index contributed by atoms with van der Waals surface area (Å²) in [6.45, 7) is 0.672. The Morgan fingerprint density at radius 2 is 2.11 bits per heavy atom. The van der Waals surface area contributed by atoms with Gasteiger partial charge in [0.05, 0.1) is 4.47 Å². The fraction of sp³-hybridized carbons (Fsp3) is 0.214. The van der Waals surface area contributed by atoms with Crippen molar-refractivity contribution in [2.24, 2.45) is 0 Å². The number of para-hydroxylation sites is 1. The van der Waals surface area contributed by atoms with Crippen LogP contribution < -0.4 is 10.1 Å². The van der Waals surface area contributed by atoms with Crippen LogP contribution in [-0.4, -0.2) is 19.1 Å². The van der Waals surface area contributed by atoms with Gasteiger partial charge in [-0.1, -0.05) is 18.2 Å². The third-order valence-electron chi connectivity index (χ3n) is 2.47. The Morgan fingerprint density at radius 3 is 2.84 bits per heavy atom. The van der Waals surface area contributed by atoms with Crippen molar-refractivity contribution in [3.8, 4) is 5.75 Å². The zero-order chi connectivity index (χ0) is 13.5. The lowest BCUT2D eigenvalue weighted by atomic mass is 10.3. The van der Waals surface area contributed by atoms with Crippen molar-refractivity contribution in [3.63, 3.8) is 0 Å². The highest BCUT2D eigenvalue weighted by molar-refractivity contribution is 9.10. The molecule has 0 aliphatic heterocycles. The minimum Gasteiger partial charge on any atom is -0.483 e. The van der Waals surface area contributed by atoms with Crippen molar-refractivity contribution in [3.05, 3.63) is 51.1 Å². The third kappa shape index (κ3) is 4.69. The van der Waals surface area contributed by atoms with E-state index in [0.29, 0.717) is 12.3 Å². The van der Waals surface area contributed by atoms with Gasteiger partial charge in [-0.15, -0.1) is 11.3 Å². The Morgan fingerprint density at radius 1 is 1.26 bits per heavy atom. The van der Waals surface area contributed by atoms with Gasteiger partial charge in [0.1, 0.15) is 5.75 Å². The molecule has 5 heteroatoms. The van der Waals surface area contributed by atoms with Crippen molar-refractivity contribution < 1.29 is 9.53 Å². The molecule has 0 saturated heterocycles. The highest BCUT2D eigenvalue weighted by Gasteiger charge is 2.04. The van der Waals surface area contributed by atoms with Gasteiger partial charge >= 0.3 is 0 Å². The van der Waals surface area contributed by atoms with Crippen LogP contribution in [0.4, 0.5) is 0 Å². The van der Waals surface area contributed by atoms with Crippen LogP contribution in [0.15, 0.2) is 46.3 Å². The molecule has 1 amide bonds. The maximum absolute atomic E-state index is 11.6. The van der Waals surface area contributed by atoms with Gasteiger partial charge < -0.3 is 10.1 Å². The second-order valence-corrected chi connectivity index (χ2v) is 5.78. The zero-order valence-corrected chi connectivity index (χ0v) is 12.7. The van der Waals surface area contributed by atoms with Crippen LogP contribution in [0.25, 0.3) is 0 Å². The van der Waals surface area contributed by atoms with E-state index in [2.05, 4.69) is 27.3 Å². The molecule has 0 fully saturated rings. The maximum atomic E-state index is 11.6. The van der Waals surface area contributed by atoms with E-state index in [-0.39, 0.29) is 12.5 Å². The molecule has 0 aliphatic rings. The Labute approximate surface area is 124 Å². The number of benzene rings is 1. The summed E-state index contributed by atoms with van der Waals surface area (Å²) in [5.74, 6) is 0.572. The monoisotopic (exact) mass is 339 g/mol. The number of amides is 1. The Balaban J connectivity index is 1.69. The highest BCUT2D eigenvalue weighted by atomic mass is 79.9. The first-order chi connectivity index (χ1) is 9.25. The van der Waals surface area contributed by atoms with E-state index < -0.39 is 0 Å². The summed E-state index contributed by atoms with van der Waals surface area (Å²) in [4.78, 5) is 12.9. The van der Waals surface area contributed by atoms with Crippen molar-refractivity contribution in [2.75, 3.05) is 13.2 Å². The van der Waals surface area contributed by atoms with Crippen LogP contribution in [0.5, 0.6) is 5.75 Å². The first kappa shape index (κ1) is 14.1. The van der Waals surface area contributed by atoms with Crippen molar-refractivity contribution in [1.29, 1.82) is 0 Å². The van der Waals surface area contributed by atoms with Crippen molar-refractivity contribution >= 4 is 33.2 Å². The average molecular weight is 340 g/mol. The number of thiophene rings is 1. The Bertz CT molecular complexity index is 528. The molecular formula is C14H14BrNO2S. The number of carbonyl (C=O) groups is 1. The molecule has 0 spiro atoms. The molecule has 100 valence electrons. The summed E-state index contributed by atoms with van der Waals surface area (Å²) < 4.78 is 6.28. The van der Waals surface area contributed by atoms with Gasteiger partial charge in [-0.25, -0.2) is 0 Å². The van der Waals surface area contributed by atoms with Crippen LogP contribution in [0.3, 0.4) is 0 Å². The second kappa shape index (κ2) is 7.31. The number of ether oxygens (including phenoxy) is 1. The van der Waals surface area contributed by atoms with Crippen LogP contribution in [0, 0.1) is 0 Å². The summed E-state index contributed by atoms with van der Waals surface area (Å²) in [5.41, 5.74) is 0. The fourth-order valence-electron chi connectivity index (χ4n) is 1.54. The normalized spacial score (nSPS) is 10.2. The van der Waals surface area contributed by atoms with Gasteiger partial charge in [-0.3, -0.25) is 4.79 Å². The van der Waals surface area contributed by atoms with Crippen molar-refractivity contribution in [2.45, 2.75) is 6.42 Å². The molecule has 1 aromatic carbocycles. The minimum absolute atomic E-state index is 0.0348. The van der Waals surface area contributed by atoms with Gasteiger partial charge in [0.25, 0.3) is 5.91 Å². The van der Waals surface area contributed by atoms with E-state index in [1.54, 1.807) is 11.3 Å². The van der Waals surface area contributed by atoms with E-state index >= 15 is 0 Å². The lowest BCUT2D eigenvalue weighted by Crippen LogP contribution is -2.30. The summed E-state index contributed by atoms with van der Waals surface area (Å²) >= 11 is 5.07.